The fourth-order valence-electron chi connectivity index (χ4n) is 3.20. The van der Waals surface area contributed by atoms with Crippen molar-refractivity contribution in [3.63, 3.8) is 0 Å². The van der Waals surface area contributed by atoms with Crippen molar-refractivity contribution in [3.05, 3.63) is 52.8 Å². The number of amides is 2. The van der Waals surface area contributed by atoms with Crippen molar-refractivity contribution in [2.24, 2.45) is 5.92 Å². The van der Waals surface area contributed by atoms with Crippen LogP contribution in [0.4, 0.5) is 29.3 Å². The molecular weight excluding hydrogens is 413 g/mol. The van der Waals surface area contributed by atoms with E-state index in [1.165, 1.54) is 17.9 Å². The minimum atomic E-state index is -1.04. The Morgan fingerprint density at radius 3 is 2.45 bits per heavy atom. The molecule has 2 aromatic carbocycles. The Hall–Kier alpha value is -3.23. The van der Waals surface area contributed by atoms with Gasteiger partial charge in [0.1, 0.15) is 11.6 Å². The van der Waals surface area contributed by atoms with Gasteiger partial charge in [-0.25, -0.2) is 18.0 Å². The van der Waals surface area contributed by atoms with E-state index in [1.807, 2.05) is 13.8 Å². The number of aryl methyl sites for hydroxylation is 1. The first kappa shape index (κ1) is 22.5. The number of benzene rings is 2. The molecule has 9 heteroatoms. The lowest BCUT2D eigenvalue weighted by molar-refractivity contribution is -0.125. The number of carbonyl (C=O) groups excluding carboxylic acids is 2. The van der Waals surface area contributed by atoms with Gasteiger partial charge in [-0.05, 0) is 49.1 Å². The largest absolute Gasteiger partial charge is 0.476 e. The van der Waals surface area contributed by atoms with Crippen LogP contribution in [0.5, 0.6) is 5.75 Å². The number of halogens is 3. The molecule has 3 rings (SSSR count). The fourth-order valence-corrected chi connectivity index (χ4v) is 3.20. The van der Waals surface area contributed by atoms with Crippen LogP contribution in [-0.2, 0) is 16.1 Å². The Balaban J connectivity index is 1.96. The number of anilines is 2. The molecular formula is C22H23F3N2O4. The second-order valence-corrected chi connectivity index (χ2v) is 7.81. The number of nitrogens with zero attached hydrogens (tertiary/aromatic N) is 1. The van der Waals surface area contributed by atoms with Crippen molar-refractivity contribution in [1.82, 2.24) is 0 Å². The highest BCUT2D eigenvalue weighted by Crippen LogP contribution is 2.42. The molecule has 1 atom stereocenters. The van der Waals surface area contributed by atoms with E-state index < -0.39 is 35.6 Å². The van der Waals surface area contributed by atoms with Gasteiger partial charge >= 0.3 is 6.09 Å². The van der Waals surface area contributed by atoms with Gasteiger partial charge in [0, 0.05) is 6.07 Å². The SMILES string of the molecule is Cc1cc2c(c(F)c1NC(=O)OCC(C)C)OC(C)C(=O)N2Cc1cc(F)cc(F)c1. The average molecular weight is 436 g/mol. The zero-order valence-electron chi connectivity index (χ0n) is 17.6. The molecule has 2 aromatic rings. The van der Waals surface area contributed by atoms with Gasteiger partial charge in [0.2, 0.25) is 0 Å². The maximum Gasteiger partial charge on any atom is 0.411 e. The summed E-state index contributed by atoms with van der Waals surface area (Å²) in [6.45, 7) is 6.69. The number of carbonyl (C=O) groups is 2. The lowest BCUT2D eigenvalue weighted by Gasteiger charge is -2.34. The van der Waals surface area contributed by atoms with Gasteiger partial charge < -0.3 is 14.4 Å². The molecule has 166 valence electrons. The molecule has 1 unspecified atom stereocenters. The number of rotatable bonds is 5. The molecule has 31 heavy (non-hydrogen) atoms. The minimum absolute atomic E-state index is 0.101. The van der Waals surface area contributed by atoms with Gasteiger partial charge in [-0.3, -0.25) is 10.1 Å². The maximum absolute atomic E-state index is 15.3. The highest BCUT2D eigenvalue weighted by Gasteiger charge is 2.35. The smallest absolute Gasteiger partial charge is 0.411 e. The number of hydrogen-bond acceptors (Lipinski definition) is 4. The van der Waals surface area contributed by atoms with Gasteiger partial charge in [0.15, 0.2) is 17.7 Å². The summed E-state index contributed by atoms with van der Waals surface area (Å²) in [7, 11) is 0. The first-order valence-corrected chi connectivity index (χ1v) is 9.76. The van der Waals surface area contributed by atoms with E-state index in [-0.39, 0.29) is 41.8 Å². The third-order valence-corrected chi connectivity index (χ3v) is 4.64. The second-order valence-electron chi connectivity index (χ2n) is 7.81. The van der Waals surface area contributed by atoms with Crippen LogP contribution in [0, 0.1) is 30.3 Å². The zero-order chi connectivity index (χ0) is 22.9. The summed E-state index contributed by atoms with van der Waals surface area (Å²) in [6, 6.07) is 4.39. The average Bonchev–Trinajstić information content (AvgIpc) is 2.67. The van der Waals surface area contributed by atoms with E-state index in [2.05, 4.69) is 5.32 Å². The Morgan fingerprint density at radius 2 is 1.84 bits per heavy atom. The molecule has 0 spiro atoms. The van der Waals surface area contributed by atoms with E-state index in [0.29, 0.717) is 5.56 Å². The molecule has 0 saturated carbocycles. The maximum atomic E-state index is 15.3. The third kappa shape index (κ3) is 4.92. The van der Waals surface area contributed by atoms with Crippen LogP contribution in [0.25, 0.3) is 0 Å². The Bertz CT molecular complexity index is 1010. The van der Waals surface area contributed by atoms with Crippen LogP contribution in [0.3, 0.4) is 0 Å². The van der Waals surface area contributed by atoms with Crippen LogP contribution in [0.2, 0.25) is 0 Å². The standard InChI is InChI=1S/C22H23F3N2O4/c1-11(2)10-30-22(29)26-19-12(3)5-17-20(18(19)25)31-13(4)21(28)27(17)9-14-6-15(23)8-16(24)7-14/h5-8,11,13H,9-10H2,1-4H3,(H,26,29). The molecule has 0 aliphatic carbocycles. The van der Waals surface area contributed by atoms with Crippen molar-refractivity contribution in [1.29, 1.82) is 0 Å². The highest BCUT2D eigenvalue weighted by molar-refractivity contribution is 6.01. The normalized spacial score (nSPS) is 15.5. The highest BCUT2D eigenvalue weighted by atomic mass is 19.1. The van der Waals surface area contributed by atoms with Crippen LogP contribution in [0.1, 0.15) is 31.9 Å². The molecule has 0 radical (unpaired) electrons. The topological polar surface area (TPSA) is 67.9 Å². The van der Waals surface area contributed by atoms with E-state index >= 15 is 4.39 Å². The van der Waals surface area contributed by atoms with Gasteiger partial charge in [0.25, 0.3) is 5.91 Å². The number of fused-ring (bicyclic) bond motifs is 1. The number of nitrogens with one attached hydrogen (secondary N) is 1. The molecule has 6 nitrogen and oxygen atoms in total. The van der Waals surface area contributed by atoms with Gasteiger partial charge in [0.05, 0.1) is 24.5 Å². The molecule has 0 saturated heterocycles. The zero-order valence-corrected chi connectivity index (χ0v) is 17.6. The molecule has 0 aromatic heterocycles. The Labute approximate surface area is 177 Å². The Morgan fingerprint density at radius 1 is 1.19 bits per heavy atom. The summed E-state index contributed by atoms with van der Waals surface area (Å²) in [6.07, 6.45) is -1.86. The summed E-state index contributed by atoms with van der Waals surface area (Å²) >= 11 is 0. The quantitative estimate of drug-likeness (QED) is 0.722. The number of ether oxygens (including phenoxy) is 2. The predicted molar refractivity (Wildman–Crippen MR) is 109 cm³/mol. The molecule has 0 bridgehead atoms. The van der Waals surface area contributed by atoms with Crippen molar-refractivity contribution in [3.8, 4) is 5.75 Å². The summed E-state index contributed by atoms with van der Waals surface area (Å²) in [5.41, 5.74) is 0.484. The lowest BCUT2D eigenvalue weighted by Crippen LogP contribution is -2.44. The molecule has 1 aliphatic heterocycles. The van der Waals surface area contributed by atoms with Crippen molar-refractivity contribution in [2.45, 2.75) is 40.3 Å². The van der Waals surface area contributed by atoms with Crippen molar-refractivity contribution < 1.29 is 32.2 Å². The molecule has 2 amide bonds. The molecule has 0 fully saturated rings. The van der Waals surface area contributed by atoms with Crippen molar-refractivity contribution >= 4 is 23.4 Å². The summed E-state index contributed by atoms with van der Waals surface area (Å²) in [5, 5.41) is 2.37. The van der Waals surface area contributed by atoms with Crippen LogP contribution in [-0.4, -0.2) is 24.7 Å². The fraction of sp³-hybridized carbons (Fsp3) is 0.364. The van der Waals surface area contributed by atoms with E-state index in [1.54, 1.807) is 6.92 Å². The molecule has 1 aliphatic rings. The summed E-state index contributed by atoms with van der Waals surface area (Å²) in [4.78, 5) is 25.9. The van der Waals surface area contributed by atoms with Crippen LogP contribution in [0.15, 0.2) is 24.3 Å². The molecule has 1 N–H and O–H groups in total. The molecule has 1 heterocycles. The first-order chi connectivity index (χ1) is 14.6. The van der Waals surface area contributed by atoms with Crippen LogP contribution >= 0.6 is 0 Å². The number of hydrogen-bond donors (Lipinski definition) is 1. The lowest BCUT2D eigenvalue weighted by atomic mass is 10.1. The van der Waals surface area contributed by atoms with Gasteiger partial charge in [-0.15, -0.1) is 0 Å². The van der Waals surface area contributed by atoms with Crippen molar-refractivity contribution in [2.75, 3.05) is 16.8 Å². The first-order valence-electron chi connectivity index (χ1n) is 9.76. The van der Waals surface area contributed by atoms with Crippen LogP contribution < -0.4 is 15.0 Å². The summed E-state index contributed by atoms with van der Waals surface area (Å²) < 4.78 is 52.9. The Kier molecular flexibility index (Phi) is 6.42. The van der Waals surface area contributed by atoms with E-state index in [4.69, 9.17) is 9.47 Å². The van der Waals surface area contributed by atoms with Gasteiger partial charge in [-0.2, -0.15) is 0 Å². The minimum Gasteiger partial charge on any atom is -0.476 e. The van der Waals surface area contributed by atoms with E-state index in [9.17, 15) is 18.4 Å². The monoisotopic (exact) mass is 436 g/mol. The third-order valence-electron chi connectivity index (χ3n) is 4.64. The second kappa shape index (κ2) is 8.87. The summed E-state index contributed by atoms with van der Waals surface area (Å²) in [5.74, 6) is -3.07. The predicted octanol–water partition coefficient (Wildman–Crippen LogP) is 4.93. The van der Waals surface area contributed by atoms with Gasteiger partial charge in [-0.1, -0.05) is 13.8 Å². The van der Waals surface area contributed by atoms with E-state index in [0.717, 1.165) is 18.2 Å².